The van der Waals surface area contributed by atoms with Crippen molar-refractivity contribution in [2.24, 2.45) is 16.6 Å². The molecule has 1 aromatic rings. The maximum absolute atomic E-state index is 11.9. The summed E-state index contributed by atoms with van der Waals surface area (Å²) in [6.45, 7) is 4.14. The van der Waals surface area contributed by atoms with Gasteiger partial charge in [-0.15, -0.1) is 0 Å². The van der Waals surface area contributed by atoms with E-state index in [1.807, 2.05) is 25.1 Å². The van der Waals surface area contributed by atoms with Crippen LogP contribution in [0.25, 0.3) is 0 Å². The monoisotopic (exact) mass is 259 g/mol. The molecule has 102 valence electrons. The zero-order valence-electron chi connectivity index (χ0n) is 11.8. The summed E-state index contributed by atoms with van der Waals surface area (Å²) in [6, 6.07) is 10.3. The van der Waals surface area contributed by atoms with Crippen LogP contribution in [0.5, 0.6) is 0 Å². The number of aliphatic imine (C=N–C) groups is 1. The van der Waals surface area contributed by atoms with E-state index in [9.17, 15) is 4.79 Å². The number of carbonyl (C=O) groups excluding carboxylic acids is 1. The first-order chi connectivity index (χ1) is 8.92. The molecule has 0 spiro atoms. The van der Waals surface area contributed by atoms with Crippen molar-refractivity contribution < 1.29 is 4.79 Å². The standard InChI is InChI=1S/C15H21N3O/c1-11(9-12-7-5-4-6-8-12)15(2)10-13(19)18(3)14(16)17-15/h4-8,11H,9-10H2,1-3H3,(H2,16,17)/t11-,15+/m0/s1. The minimum Gasteiger partial charge on any atom is -0.369 e. The van der Waals surface area contributed by atoms with E-state index in [1.54, 1.807) is 7.05 Å². The summed E-state index contributed by atoms with van der Waals surface area (Å²) in [5, 5.41) is 0. The number of guanidine groups is 1. The molecule has 0 radical (unpaired) electrons. The summed E-state index contributed by atoms with van der Waals surface area (Å²) < 4.78 is 0. The van der Waals surface area contributed by atoms with Crippen LogP contribution in [-0.2, 0) is 11.2 Å². The van der Waals surface area contributed by atoms with E-state index in [2.05, 4.69) is 24.0 Å². The molecule has 0 fully saturated rings. The molecule has 0 bridgehead atoms. The van der Waals surface area contributed by atoms with Gasteiger partial charge in [-0.3, -0.25) is 9.69 Å². The van der Waals surface area contributed by atoms with Gasteiger partial charge in [0.25, 0.3) is 0 Å². The van der Waals surface area contributed by atoms with Gasteiger partial charge in [0.15, 0.2) is 5.96 Å². The summed E-state index contributed by atoms with van der Waals surface area (Å²) in [5.41, 5.74) is 6.68. The number of nitrogens with zero attached hydrogens (tertiary/aromatic N) is 2. The van der Waals surface area contributed by atoms with Gasteiger partial charge in [0.05, 0.1) is 12.0 Å². The molecular weight excluding hydrogens is 238 g/mol. The SMILES string of the molecule is C[C@@H](Cc1ccccc1)[C@@]1(C)CC(=O)N(C)C(N)=N1. The van der Waals surface area contributed by atoms with Crippen LogP contribution in [0.3, 0.4) is 0 Å². The van der Waals surface area contributed by atoms with Gasteiger partial charge < -0.3 is 5.73 Å². The van der Waals surface area contributed by atoms with Gasteiger partial charge in [-0.25, -0.2) is 4.99 Å². The summed E-state index contributed by atoms with van der Waals surface area (Å²) in [6.07, 6.45) is 1.31. The van der Waals surface area contributed by atoms with Crippen LogP contribution in [-0.4, -0.2) is 29.4 Å². The van der Waals surface area contributed by atoms with E-state index in [0.717, 1.165) is 6.42 Å². The second-order valence-corrected chi connectivity index (χ2v) is 5.55. The van der Waals surface area contributed by atoms with Crippen LogP contribution in [0.2, 0.25) is 0 Å². The Bertz CT molecular complexity index is 497. The normalized spacial score (nSPS) is 25.1. The number of nitrogens with two attached hydrogens (primary N) is 1. The number of amides is 1. The number of carbonyl (C=O) groups is 1. The Balaban J connectivity index is 2.18. The van der Waals surface area contributed by atoms with Crippen molar-refractivity contribution in [3.05, 3.63) is 35.9 Å². The Hall–Kier alpha value is -1.84. The fourth-order valence-electron chi connectivity index (χ4n) is 2.40. The average Bonchev–Trinajstić information content (AvgIpc) is 2.37. The smallest absolute Gasteiger partial charge is 0.231 e. The van der Waals surface area contributed by atoms with E-state index in [0.29, 0.717) is 12.4 Å². The average molecular weight is 259 g/mol. The van der Waals surface area contributed by atoms with Gasteiger partial charge in [0.1, 0.15) is 0 Å². The van der Waals surface area contributed by atoms with E-state index < -0.39 is 5.54 Å². The summed E-state index contributed by atoms with van der Waals surface area (Å²) in [4.78, 5) is 17.9. The van der Waals surface area contributed by atoms with Gasteiger partial charge in [-0.1, -0.05) is 37.3 Å². The Morgan fingerprint density at radius 2 is 2.05 bits per heavy atom. The first-order valence-corrected chi connectivity index (χ1v) is 6.58. The minimum absolute atomic E-state index is 0.0370. The van der Waals surface area contributed by atoms with Crippen molar-refractivity contribution in [3.8, 4) is 0 Å². The third kappa shape index (κ3) is 2.78. The molecule has 1 amide bonds. The molecule has 4 nitrogen and oxygen atoms in total. The molecule has 1 aliphatic heterocycles. The first-order valence-electron chi connectivity index (χ1n) is 6.58. The maximum Gasteiger partial charge on any atom is 0.231 e. The molecule has 0 unspecified atom stereocenters. The lowest BCUT2D eigenvalue weighted by Crippen LogP contribution is -2.51. The van der Waals surface area contributed by atoms with Crippen LogP contribution >= 0.6 is 0 Å². The molecule has 1 aromatic carbocycles. The second-order valence-electron chi connectivity index (χ2n) is 5.55. The zero-order valence-corrected chi connectivity index (χ0v) is 11.8. The zero-order chi connectivity index (χ0) is 14.0. The lowest BCUT2D eigenvalue weighted by atomic mass is 9.79. The quantitative estimate of drug-likeness (QED) is 0.899. The van der Waals surface area contributed by atoms with Crippen molar-refractivity contribution in [2.75, 3.05) is 7.05 Å². The lowest BCUT2D eigenvalue weighted by molar-refractivity contribution is -0.128. The number of rotatable bonds is 3. The van der Waals surface area contributed by atoms with Crippen LogP contribution < -0.4 is 5.73 Å². The third-order valence-electron chi connectivity index (χ3n) is 4.04. The highest BCUT2D eigenvalue weighted by atomic mass is 16.2. The summed E-state index contributed by atoms with van der Waals surface area (Å²) in [7, 11) is 1.67. The number of hydrogen-bond donors (Lipinski definition) is 1. The van der Waals surface area contributed by atoms with E-state index in [-0.39, 0.29) is 11.8 Å². The fraction of sp³-hybridized carbons (Fsp3) is 0.467. The van der Waals surface area contributed by atoms with E-state index in [1.165, 1.54) is 10.5 Å². The molecule has 0 aliphatic carbocycles. The van der Waals surface area contributed by atoms with Crippen molar-refractivity contribution in [1.82, 2.24) is 4.90 Å². The fourth-order valence-corrected chi connectivity index (χ4v) is 2.40. The molecule has 0 saturated carbocycles. The molecule has 19 heavy (non-hydrogen) atoms. The Morgan fingerprint density at radius 3 is 2.63 bits per heavy atom. The molecule has 2 atom stereocenters. The van der Waals surface area contributed by atoms with Gasteiger partial charge in [-0.2, -0.15) is 0 Å². The van der Waals surface area contributed by atoms with Crippen LogP contribution in [0.4, 0.5) is 0 Å². The minimum atomic E-state index is -0.413. The molecule has 4 heteroatoms. The van der Waals surface area contributed by atoms with E-state index in [4.69, 9.17) is 5.73 Å². The van der Waals surface area contributed by atoms with Crippen molar-refractivity contribution in [2.45, 2.75) is 32.2 Å². The molecule has 1 heterocycles. The van der Waals surface area contributed by atoms with Crippen LogP contribution in [0, 0.1) is 5.92 Å². The summed E-state index contributed by atoms with van der Waals surface area (Å²) in [5.74, 6) is 0.611. The molecule has 0 aromatic heterocycles. The lowest BCUT2D eigenvalue weighted by Gasteiger charge is -2.37. The molecule has 2 rings (SSSR count). The van der Waals surface area contributed by atoms with Crippen molar-refractivity contribution in [3.63, 3.8) is 0 Å². The maximum atomic E-state index is 11.9. The van der Waals surface area contributed by atoms with Crippen molar-refractivity contribution >= 4 is 11.9 Å². The molecule has 2 N–H and O–H groups in total. The predicted octanol–water partition coefficient (Wildman–Crippen LogP) is 1.80. The Morgan fingerprint density at radius 1 is 1.42 bits per heavy atom. The van der Waals surface area contributed by atoms with Gasteiger partial charge >= 0.3 is 0 Å². The topological polar surface area (TPSA) is 58.7 Å². The second kappa shape index (κ2) is 5.03. The van der Waals surface area contributed by atoms with Gasteiger partial charge in [0.2, 0.25) is 5.91 Å². The van der Waals surface area contributed by atoms with Crippen LogP contribution in [0.1, 0.15) is 25.8 Å². The summed E-state index contributed by atoms with van der Waals surface area (Å²) >= 11 is 0. The highest BCUT2D eigenvalue weighted by Gasteiger charge is 2.38. The molecule has 0 saturated heterocycles. The number of hydrogen-bond acceptors (Lipinski definition) is 3. The van der Waals surface area contributed by atoms with Crippen LogP contribution in [0.15, 0.2) is 35.3 Å². The highest BCUT2D eigenvalue weighted by Crippen LogP contribution is 2.31. The first kappa shape index (κ1) is 13.6. The van der Waals surface area contributed by atoms with Crippen molar-refractivity contribution in [1.29, 1.82) is 0 Å². The molecule has 1 aliphatic rings. The van der Waals surface area contributed by atoms with E-state index >= 15 is 0 Å². The molecular formula is C15H21N3O. The highest BCUT2D eigenvalue weighted by molar-refractivity contribution is 5.98. The Kier molecular flexibility index (Phi) is 3.60. The third-order valence-corrected chi connectivity index (χ3v) is 4.04. The predicted molar refractivity (Wildman–Crippen MR) is 76.7 cm³/mol. The largest absolute Gasteiger partial charge is 0.369 e. The number of benzene rings is 1. The van der Waals surface area contributed by atoms with Gasteiger partial charge in [-0.05, 0) is 24.8 Å². The van der Waals surface area contributed by atoms with Gasteiger partial charge in [0, 0.05) is 7.05 Å². The Labute approximate surface area is 114 Å².